The molecule has 0 bridgehead atoms. The Hall–Kier alpha value is -1.92. The Morgan fingerprint density at radius 1 is 0.781 bits per heavy atom. The summed E-state index contributed by atoms with van der Waals surface area (Å²) < 4.78 is 53.1. The summed E-state index contributed by atoms with van der Waals surface area (Å²) in [5.41, 5.74) is 11.5. The quantitative estimate of drug-likeness (QED) is 0.489. The highest BCUT2D eigenvalue weighted by molar-refractivity contribution is 5.37. The lowest BCUT2D eigenvalue weighted by atomic mass is 9.83. The van der Waals surface area contributed by atoms with E-state index in [-0.39, 0.29) is 11.1 Å². The van der Waals surface area contributed by atoms with Gasteiger partial charge in [0.2, 0.25) is 6.43 Å². The van der Waals surface area contributed by atoms with Crippen LogP contribution in [0.15, 0.2) is 48.5 Å². The van der Waals surface area contributed by atoms with Gasteiger partial charge in [0.25, 0.3) is 0 Å². The molecular weight excluding hydrogens is 416 g/mol. The number of benzene rings is 2. The maximum absolute atomic E-state index is 13.8. The fraction of sp³-hybridized carbons (Fsp3) is 0.538. The van der Waals surface area contributed by atoms with E-state index in [9.17, 15) is 17.6 Å². The van der Waals surface area contributed by atoms with Crippen molar-refractivity contribution in [3.8, 4) is 0 Å². The van der Waals surface area contributed by atoms with E-state index in [1.54, 1.807) is 38.1 Å². The summed E-state index contributed by atoms with van der Waals surface area (Å²) in [6.07, 6.45) is -0.221. The van der Waals surface area contributed by atoms with Crippen LogP contribution in [0.2, 0.25) is 0 Å². The van der Waals surface area contributed by atoms with Crippen molar-refractivity contribution in [3.63, 3.8) is 0 Å². The molecule has 6 heteroatoms. The highest BCUT2D eigenvalue weighted by atomic mass is 19.3. The zero-order valence-electron chi connectivity index (χ0n) is 19.3. The minimum atomic E-state index is -2.37. The molecule has 2 aliphatic carbocycles. The van der Waals surface area contributed by atoms with Crippen LogP contribution in [-0.4, -0.2) is 12.1 Å². The molecule has 4 N–H and O–H groups in total. The molecule has 1 atom stereocenters. The van der Waals surface area contributed by atoms with Crippen molar-refractivity contribution in [1.29, 1.82) is 0 Å². The summed E-state index contributed by atoms with van der Waals surface area (Å²) in [4.78, 5) is 0. The molecular formula is C26H34F4N2. The van der Waals surface area contributed by atoms with Gasteiger partial charge in [-0.3, -0.25) is 0 Å². The van der Waals surface area contributed by atoms with E-state index in [0.717, 1.165) is 36.8 Å². The number of nitrogens with two attached hydrogens (primary N) is 2. The lowest BCUT2D eigenvalue weighted by Gasteiger charge is -2.25. The zero-order valence-corrected chi connectivity index (χ0v) is 19.3. The van der Waals surface area contributed by atoms with Crippen LogP contribution in [0.1, 0.15) is 81.8 Å². The van der Waals surface area contributed by atoms with Crippen molar-refractivity contribution in [2.45, 2.75) is 88.1 Å². The van der Waals surface area contributed by atoms with Crippen molar-refractivity contribution in [1.82, 2.24) is 0 Å². The average Bonchev–Trinajstić information content (AvgIpc) is 3.66. The van der Waals surface area contributed by atoms with Gasteiger partial charge in [-0.1, -0.05) is 62.4 Å². The van der Waals surface area contributed by atoms with E-state index in [0.29, 0.717) is 11.1 Å². The predicted octanol–water partition coefficient (Wildman–Crippen LogP) is 6.57. The maximum Gasteiger partial charge on any atom is 0.247 e. The third kappa shape index (κ3) is 5.34. The second-order valence-electron chi connectivity index (χ2n) is 10.5. The topological polar surface area (TPSA) is 52.0 Å². The van der Waals surface area contributed by atoms with Crippen molar-refractivity contribution in [2.24, 2.45) is 11.5 Å². The molecule has 2 nitrogen and oxygen atoms in total. The van der Waals surface area contributed by atoms with Crippen LogP contribution in [0.4, 0.5) is 17.6 Å². The van der Waals surface area contributed by atoms with Crippen molar-refractivity contribution in [2.75, 3.05) is 0 Å². The van der Waals surface area contributed by atoms with Gasteiger partial charge < -0.3 is 11.5 Å². The number of rotatable bonds is 6. The molecule has 0 amide bonds. The summed E-state index contributed by atoms with van der Waals surface area (Å²) in [6, 6.07) is 14.3. The first-order chi connectivity index (χ1) is 14.7. The predicted molar refractivity (Wildman–Crippen MR) is 121 cm³/mol. The van der Waals surface area contributed by atoms with E-state index >= 15 is 0 Å². The second kappa shape index (κ2) is 8.45. The molecule has 0 spiro atoms. The average molecular weight is 451 g/mol. The largest absolute Gasteiger partial charge is 0.321 e. The highest BCUT2D eigenvalue weighted by Crippen LogP contribution is 2.45. The Bertz CT molecular complexity index is 941. The first-order valence-electron chi connectivity index (χ1n) is 11.1. The van der Waals surface area contributed by atoms with Gasteiger partial charge in [0, 0.05) is 11.1 Å². The molecule has 32 heavy (non-hydrogen) atoms. The minimum Gasteiger partial charge on any atom is -0.321 e. The molecule has 4 rings (SSSR count). The molecule has 1 unspecified atom stereocenters. The summed E-state index contributed by atoms with van der Waals surface area (Å²) in [5, 5.41) is 0. The maximum atomic E-state index is 13.8. The fourth-order valence-electron chi connectivity index (χ4n) is 3.60. The van der Waals surface area contributed by atoms with Crippen LogP contribution >= 0.6 is 0 Å². The van der Waals surface area contributed by atoms with Gasteiger partial charge in [-0.25, -0.2) is 17.6 Å². The van der Waals surface area contributed by atoms with E-state index in [1.165, 1.54) is 13.8 Å². The molecule has 2 fully saturated rings. The molecule has 176 valence electrons. The molecule has 2 aliphatic rings. The summed E-state index contributed by atoms with van der Waals surface area (Å²) in [5.74, 6) is 0. The minimum absolute atomic E-state index is 0.256. The first kappa shape index (κ1) is 24.7. The van der Waals surface area contributed by atoms with Crippen molar-refractivity contribution < 1.29 is 17.6 Å². The van der Waals surface area contributed by atoms with E-state index in [2.05, 4.69) is 0 Å². The molecule has 2 aromatic carbocycles. The number of hydrogen-bond donors (Lipinski definition) is 2. The van der Waals surface area contributed by atoms with Crippen LogP contribution in [0.5, 0.6) is 0 Å². The first-order valence-corrected chi connectivity index (χ1v) is 11.1. The fourth-order valence-corrected chi connectivity index (χ4v) is 3.60. The Balaban J connectivity index is 0.000000181. The zero-order chi connectivity index (χ0) is 23.9. The van der Waals surface area contributed by atoms with E-state index in [4.69, 9.17) is 11.5 Å². The van der Waals surface area contributed by atoms with Gasteiger partial charge in [-0.05, 0) is 61.8 Å². The lowest BCUT2D eigenvalue weighted by Crippen LogP contribution is -2.28. The van der Waals surface area contributed by atoms with Gasteiger partial charge in [0.1, 0.15) is 5.67 Å². The van der Waals surface area contributed by atoms with Crippen LogP contribution in [-0.2, 0) is 16.5 Å². The van der Waals surface area contributed by atoms with Crippen molar-refractivity contribution >= 4 is 0 Å². The lowest BCUT2D eigenvalue weighted by molar-refractivity contribution is 0.0693. The van der Waals surface area contributed by atoms with Gasteiger partial charge in [-0.15, -0.1) is 0 Å². The molecule has 0 radical (unpaired) electrons. The van der Waals surface area contributed by atoms with Gasteiger partial charge in [0.15, 0.2) is 6.17 Å². The van der Waals surface area contributed by atoms with Crippen LogP contribution in [0.3, 0.4) is 0 Å². The van der Waals surface area contributed by atoms with Crippen LogP contribution < -0.4 is 11.5 Å². The highest BCUT2D eigenvalue weighted by Gasteiger charge is 2.42. The standard InChI is InChI=1S/2C13H17F2N/c1-12(2,11(14)15)9-4-3-5-10(8-9)13(16)6-7-13;1-12(2,15)11(14)9-4-3-5-10(8-9)13(16)6-7-13/h2*3-5,8,11H,6-7,16H2,1-2H3. The molecule has 2 saturated carbocycles. The normalized spacial score (nSPS) is 19.7. The van der Waals surface area contributed by atoms with Crippen LogP contribution in [0.25, 0.3) is 0 Å². The summed E-state index contributed by atoms with van der Waals surface area (Å²) in [6.45, 7) is 5.62. The van der Waals surface area contributed by atoms with E-state index < -0.39 is 23.7 Å². The summed E-state index contributed by atoms with van der Waals surface area (Å²) in [7, 11) is 0. The monoisotopic (exact) mass is 450 g/mol. The number of alkyl halides is 4. The van der Waals surface area contributed by atoms with Crippen molar-refractivity contribution in [3.05, 3.63) is 70.8 Å². The summed E-state index contributed by atoms with van der Waals surface area (Å²) >= 11 is 0. The van der Waals surface area contributed by atoms with Gasteiger partial charge in [0.05, 0.1) is 5.41 Å². The molecule has 2 aromatic rings. The Morgan fingerprint density at radius 3 is 1.69 bits per heavy atom. The molecule has 0 aromatic heterocycles. The third-order valence-electron chi connectivity index (χ3n) is 6.66. The number of halogens is 4. The Morgan fingerprint density at radius 2 is 1.25 bits per heavy atom. The second-order valence-corrected chi connectivity index (χ2v) is 10.5. The molecule has 0 aliphatic heterocycles. The Labute approximate surface area is 188 Å². The van der Waals surface area contributed by atoms with Gasteiger partial charge in [-0.2, -0.15) is 0 Å². The van der Waals surface area contributed by atoms with E-state index in [1.807, 2.05) is 24.3 Å². The van der Waals surface area contributed by atoms with Gasteiger partial charge >= 0.3 is 0 Å². The smallest absolute Gasteiger partial charge is 0.247 e. The Kier molecular flexibility index (Phi) is 6.53. The van der Waals surface area contributed by atoms with Crippen LogP contribution in [0, 0.1) is 0 Å². The number of hydrogen-bond acceptors (Lipinski definition) is 2. The third-order valence-corrected chi connectivity index (χ3v) is 6.66. The molecule has 0 saturated heterocycles. The SMILES string of the molecule is CC(C)(F)C(F)c1cccc(C2(N)CC2)c1.CC(C)(c1cccc(C2(N)CC2)c1)C(F)F. The molecule has 0 heterocycles.